The number of rotatable bonds is 3. The Kier molecular flexibility index (Phi) is 4.91. The highest BCUT2D eigenvalue weighted by atomic mass is 35.5. The largest absolute Gasteiger partial charge is 0.416 e. The summed E-state index contributed by atoms with van der Waals surface area (Å²) in [5.74, 6) is 0. The van der Waals surface area contributed by atoms with E-state index in [4.69, 9.17) is 34.8 Å². The Morgan fingerprint density at radius 1 is 0.952 bits per heavy atom. The van der Waals surface area contributed by atoms with E-state index in [-0.39, 0.29) is 22.2 Å². The van der Waals surface area contributed by atoms with Crippen LogP contribution < -0.4 is 5.32 Å². The molecule has 0 aliphatic carbocycles. The lowest BCUT2D eigenvalue weighted by Crippen LogP contribution is -2.11. The molecule has 2 aromatic carbocycles. The van der Waals surface area contributed by atoms with E-state index in [0.29, 0.717) is 10.7 Å². The van der Waals surface area contributed by atoms with Gasteiger partial charge in [0.1, 0.15) is 0 Å². The summed E-state index contributed by atoms with van der Waals surface area (Å²) in [7, 11) is 0. The van der Waals surface area contributed by atoms with Gasteiger partial charge < -0.3 is 5.32 Å². The highest BCUT2D eigenvalue weighted by Crippen LogP contribution is 2.35. The molecule has 0 fully saturated rings. The molecule has 0 spiro atoms. The lowest BCUT2D eigenvalue weighted by Gasteiger charge is -2.15. The predicted molar refractivity (Wildman–Crippen MR) is 80.2 cm³/mol. The first-order chi connectivity index (χ1) is 9.79. The summed E-state index contributed by atoms with van der Waals surface area (Å²) in [5, 5.41) is 3.66. The van der Waals surface area contributed by atoms with Gasteiger partial charge in [-0.2, -0.15) is 13.2 Å². The van der Waals surface area contributed by atoms with Crippen LogP contribution in [0.5, 0.6) is 0 Å². The van der Waals surface area contributed by atoms with Crippen molar-refractivity contribution in [1.29, 1.82) is 0 Å². The molecule has 0 unspecified atom stereocenters. The summed E-state index contributed by atoms with van der Waals surface area (Å²) in [6.07, 6.45) is -4.41. The van der Waals surface area contributed by atoms with Crippen LogP contribution in [0.25, 0.3) is 0 Å². The Hall–Kier alpha value is -1.10. The summed E-state index contributed by atoms with van der Waals surface area (Å²) < 4.78 is 38.7. The Bertz CT molecular complexity index is 633. The maximum absolute atomic E-state index is 12.9. The van der Waals surface area contributed by atoms with Gasteiger partial charge in [-0.15, -0.1) is 0 Å². The minimum absolute atomic E-state index is 0.0588. The Labute approximate surface area is 134 Å². The smallest absolute Gasteiger partial charge is 0.379 e. The third-order valence-corrected chi connectivity index (χ3v) is 3.60. The molecule has 0 radical (unpaired) electrons. The number of hydrogen-bond acceptors (Lipinski definition) is 1. The number of benzene rings is 2. The van der Waals surface area contributed by atoms with Crippen molar-refractivity contribution >= 4 is 40.5 Å². The molecule has 112 valence electrons. The topological polar surface area (TPSA) is 12.0 Å². The Balaban J connectivity index is 2.26. The van der Waals surface area contributed by atoms with E-state index in [2.05, 4.69) is 5.32 Å². The lowest BCUT2D eigenvalue weighted by atomic mass is 10.1. The molecule has 0 heterocycles. The lowest BCUT2D eigenvalue weighted by molar-refractivity contribution is -0.138. The number of anilines is 1. The van der Waals surface area contributed by atoms with Gasteiger partial charge in [-0.3, -0.25) is 0 Å². The van der Waals surface area contributed by atoms with Gasteiger partial charge in [-0.25, -0.2) is 0 Å². The van der Waals surface area contributed by atoms with Gasteiger partial charge in [0.05, 0.1) is 21.3 Å². The van der Waals surface area contributed by atoms with Crippen LogP contribution in [0.3, 0.4) is 0 Å². The monoisotopic (exact) mass is 353 g/mol. The number of alkyl halides is 3. The second-order valence-corrected chi connectivity index (χ2v) is 5.50. The normalized spacial score (nSPS) is 11.5. The highest BCUT2D eigenvalue weighted by molar-refractivity contribution is 6.41. The molecule has 2 rings (SSSR count). The SMILES string of the molecule is FC(F)(F)c1ccccc1CNc1c(Cl)cc(Cl)cc1Cl. The second kappa shape index (κ2) is 6.34. The molecule has 21 heavy (non-hydrogen) atoms. The van der Waals surface area contributed by atoms with E-state index in [0.717, 1.165) is 6.07 Å². The fraction of sp³-hybridized carbons (Fsp3) is 0.143. The molecule has 1 nitrogen and oxygen atoms in total. The summed E-state index contributed by atoms with van der Waals surface area (Å²) >= 11 is 17.7. The van der Waals surface area contributed by atoms with Crippen molar-refractivity contribution in [2.24, 2.45) is 0 Å². The van der Waals surface area contributed by atoms with E-state index >= 15 is 0 Å². The molecule has 0 aromatic heterocycles. The van der Waals surface area contributed by atoms with Crippen molar-refractivity contribution in [3.63, 3.8) is 0 Å². The molecule has 0 aliphatic rings. The van der Waals surface area contributed by atoms with Gasteiger partial charge in [0, 0.05) is 11.6 Å². The summed E-state index contributed by atoms with van der Waals surface area (Å²) in [5.41, 5.74) is -0.245. The van der Waals surface area contributed by atoms with Crippen molar-refractivity contribution in [3.8, 4) is 0 Å². The fourth-order valence-corrected chi connectivity index (χ4v) is 2.80. The average Bonchev–Trinajstić information content (AvgIpc) is 2.36. The molecular weight excluding hydrogens is 346 g/mol. The van der Waals surface area contributed by atoms with E-state index in [1.165, 1.54) is 30.3 Å². The number of nitrogens with one attached hydrogen (secondary N) is 1. The first-order valence-electron chi connectivity index (χ1n) is 5.82. The van der Waals surface area contributed by atoms with Crippen LogP contribution >= 0.6 is 34.8 Å². The van der Waals surface area contributed by atoms with E-state index in [9.17, 15) is 13.2 Å². The maximum Gasteiger partial charge on any atom is 0.416 e. The highest BCUT2D eigenvalue weighted by Gasteiger charge is 2.32. The quantitative estimate of drug-likeness (QED) is 0.684. The zero-order chi connectivity index (χ0) is 15.6. The summed E-state index contributed by atoms with van der Waals surface area (Å²) in [6, 6.07) is 8.24. The van der Waals surface area contributed by atoms with Gasteiger partial charge in [0.25, 0.3) is 0 Å². The molecule has 1 N–H and O–H groups in total. The zero-order valence-corrected chi connectivity index (χ0v) is 12.7. The minimum Gasteiger partial charge on any atom is -0.379 e. The fourth-order valence-electron chi connectivity index (χ4n) is 1.85. The van der Waals surface area contributed by atoms with Gasteiger partial charge in [0.15, 0.2) is 0 Å². The molecular formula is C14H9Cl3F3N. The van der Waals surface area contributed by atoms with Crippen LogP contribution in [-0.2, 0) is 12.7 Å². The second-order valence-electron chi connectivity index (χ2n) is 4.25. The molecule has 0 atom stereocenters. The maximum atomic E-state index is 12.9. The van der Waals surface area contributed by atoms with Crippen molar-refractivity contribution in [2.75, 3.05) is 5.32 Å². The first kappa shape index (κ1) is 16.3. The van der Waals surface area contributed by atoms with Crippen molar-refractivity contribution in [2.45, 2.75) is 12.7 Å². The van der Waals surface area contributed by atoms with E-state index < -0.39 is 11.7 Å². The van der Waals surface area contributed by atoms with Crippen LogP contribution in [-0.4, -0.2) is 0 Å². The third-order valence-electron chi connectivity index (χ3n) is 2.79. The van der Waals surface area contributed by atoms with Gasteiger partial charge in [-0.1, -0.05) is 53.0 Å². The molecule has 0 amide bonds. The Morgan fingerprint density at radius 2 is 1.52 bits per heavy atom. The number of halogens is 6. The van der Waals surface area contributed by atoms with E-state index in [1.807, 2.05) is 0 Å². The van der Waals surface area contributed by atoms with Crippen LogP contribution in [0.1, 0.15) is 11.1 Å². The summed E-state index contributed by atoms with van der Waals surface area (Å²) in [4.78, 5) is 0. The molecule has 0 bridgehead atoms. The van der Waals surface area contributed by atoms with Crippen molar-refractivity contribution < 1.29 is 13.2 Å². The van der Waals surface area contributed by atoms with Gasteiger partial charge in [0.2, 0.25) is 0 Å². The predicted octanol–water partition coefficient (Wildman–Crippen LogP) is 6.28. The van der Waals surface area contributed by atoms with Crippen molar-refractivity contribution in [3.05, 3.63) is 62.6 Å². The average molecular weight is 355 g/mol. The first-order valence-corrected chi connectivity index (χ1v) is 6.96. The molecule has 0 aliphatic heterocycles. The van der Waals surface area contributed by atoms with Gasteiger partial charge in [-0.05, 0) is 23.8 Å². The van der Waals surface area contributed by atoms with Crippen LogP contribution in [0.15, 0.2) is 36.4 Å². The molecule has 2 aromatic rings. The Morgan fingerprint density at radius 3 is 2.10 bits per heavy atom. The van der Waals surface area contributed by atoms with Crippen molar-refractivity contribution in [1.82, 2.24) is 0 Å². The molecule has 0 saturated heterocycles. The van der Waals surface area contributed by atoms with Crippen LogP contribution in [0, 0.1) is 0 Å². The third kappa shape index (κ3) is 3.96. The summed E-state index contributed by atoms with van der Waals surface area (Å²) in [6.45, 7) is -0.0588. The minimum atomic E-state index is -4.41. The molecule has 0 saturated carbocycles. The van der Waals surface area contributed by atoms with E-state index in [1.54, 1.807) is 0 Å². The zero-order valence-electron chi connectivity index (χ0n) is 10.4. The van der Waals surface area contributed by atoms with Gasteiger partial charge >= 0.3 is 6.18 Å². The molecule has 7 heteroatoms. The van der Waals surface area contributed by atoms with Crippen LogP contribution in [0.2, 0.25) is 15.1 Å². The standard InChI is InChI=1S/C14H9Cl3F3N/c15-9-5-11(16)13(12(17)6-9)21-7-8-3-1-2-4-10(8)14(18,19)20/h1-6,21H,7H2. The number of hydrogen-bond donors (Lipinski definition) is 1. The van der Waals surface area contributed by atoms with Crippen LogP contribution in [0.4, 0.5) is 18.9 Å².